The quantitative estimate of drug-likeness (QED) is 0.700. The Morgan fingerprint density at radius 3 is 2.82 bits per heavy atom. The zero-order valence-electron chi connectivity index (χ0n) is 10.5. The van der Waals surface area contributed by atoms with E-state index in [9.17, 15) is 9.90 Å². The van der Waals surface area contributed by atoms with Crippen LogP contribution >= 0.6 is 0 Å². The molecule has 0 aromatic heterocycles. The number of aliphatic hydroxyl groups is 2. The van der Waals surface area contributed by atoms with Crippen molar-refractivity contribution >= 4 is 5.91 Å². The molecule has 0 aromatic rings. The number of carbonyl (C=O) groups excluding carboxylic acids is 1. The summed E-state index contributed by atoms with van der Waals surface area (Å²) in [7, 11) is 3.46. The predicted octanol–water partition coefficient (Wildman–Crippen LogP) is -0.428. The Morgan fingerprint density at radius 1 is 1.65 bits per heavy atom. The first-order valence-corrected chi connectivity index (χ1v) is 5.58. The maximum Gasteiger partial charge on any atom is 0.249 e. The van der Waals surface area contributed by atoms with E-state index in [1.165, 1.54) is 4.90 Å². The van der Waals surface area contributed by atoms with Gasteiger partial charge < -0.3 is 20.0 Å². The van der Waals surface area contributed by atoms with E-state index < -0.39 is 6.10 Å². The third-order valence-corrected chi connectivity index (χ3v) is 2.71. The Bertz CT molecular complexity index is 339. The predicted molar refractivity (Wildman–Crippen MR) is 65.2 cm³/mol. The Labute approximate surface area is 102 Å². The van der Waals surface area contributed by atoms with Gasteiger partial charge >= 0.3 is 0 Å². The van der Waals surface area contributed by atoms with Crippen molar-refractivity contribution in [2.45, 2.75) is 19.1 Å². The van der Waals surface area contributed by atoms with Crippen molar-refractivity contribution in [3.8, 4) is 0 Å². The van der Waals surface area contributed by atoms with Crippen LogP contribution in [0.5, 0.6) is 0 Å². The summed E-state index contributed by atoms with van der Waals surface area (Å²) in [6, 6.07) is -0.338. The smallest absolute Gasteiger partial charge is 0.249 e. The summed E-state index contributed by atoms with van der Waals surface area (Å²) < 4.78 is 0. The second-order valence-electron chi connectivity index (χ2n) is 4.40. The molecule has 1 heterocycles. The molecule has 1 aliphatic rings. The van der Waals surface area contributed by atoms with Crippen molar-refractivity contribution < 1.29 is 15.0 Å². The van der Waals surface area contributed by atoms with Gasteiger partial charge in [0.2, 0.25) is 5.91 Å². The van der Waals surface area contributed by atoms with Crippen LogP contribution in [0, 0.1) is 0 Å². The van der Waals surface area contributed by atoms with Crippen LogP contribution in [0.25, 0.3) is 0 Å². The summed E-state index contributed by atoms with van der Waals surface area (Å²) in [4.78, 5) is 15.3. The molecule has 0 saturated heterocycles. The van der Waals surface area contributed by atoms with Gasteiger partial charge in [-0.2, -0.15) is 0 Å². The fraction of sp³-hybridized carbons (Fsp3) is 0.583. The van der Waals surface area contributed by atoms with Crippen molar-refractivity contribution in [1.82, 2.24) is 9.80 Å². The number of hydrogen-bond acceptors (Lipinski definition) is 4. The molecule has 0 fully saturated rings. The van der Waals surface area contributed by atoms with E-state index in [0.29, 0.717) is 0 Å². The van der Waals surface area contributed by atoms with Gasteiger partial charge in [-0.1, -0.05) is 12.2 Å². The molecule has 2 N–H and O–H groups in total. The monoisotopic (exact) mass is 240 g/mol. The molecule has 5 heteroatoms. The lowest BCUT2D eigenvalue weighted by molar-refractivity contribution is -0.134. The van der Waals surface area contributed by atoms with Crippen LogP contribution in [0.1, 0.15) is 6.92 Å². The first-order valence-electron chi connectivity index (χ1n) is 5.58. The second-order valence-corrected chi connectivity index (χ2v) is 4.40. The van der Waals surface area contributed by atoms with Crippen molar-refractivity contribution in [3.05, 3.63) is 23.9 Å². The molecule has 1 amide bonds. The SMILES string of the molecule is CC1=CN(C)C(C(=O)N(C)CC(O)CO)C=C1. The fourth-order valence-electron chi connectivity index (χ4n) is 1.77. The lowest BCUT2D eigenvalue weighted by Crippen LogP contribution is -2.46. The summed E-state index contributed by atoms with van der Waals surface area (Å²) in [5.41, 5.74) is 1.09. The van der Waals surface area contributed by atoms with Crippen LogP contribution < -0.4 is 0 Å². The number of hydrogen-bond donors (Lipinski definition) is 2. The number of allylic oxidation sites excluding steroid dienone is 2. The van der Waals surface area contributed by atoms with E-state index in [4.69, 9.17) is 5.11 Å². The molecule has 5 nitrogen and oxygen atoms in total. The molecule has 0 saturated carbocycles. The van der Waals surface area contributed by atoms with Crippen LogP contribution in [0.2, 0.25) is 0 Å². The lowest BCUT2D eigenvalue weighted by Gasteiger charge is -2.31. The molecule has 0 spiro atoms. The Balaban J connectivity index is 2.62. The molecule has 0 radical (unpaired) electrons. The minimum atomic E-state index is -0.890. The molecule has 96 valence electrons. The standard InChI is InChI=1S/C12H20N2O3/c1-9-4-5-11(13(2)6-9)12(17)14(3)7-10(16)8-15/h4-6,10-11,15-16H,7-8H2,1-3H3. The number of nitrogens with zero attached hydrogens (tertiary/aromatic N) is 2. The van der Waals surface area contributed by atoms with Gasteiger partial charge in [-0.25, -0.2) is 0 Å². The minimum Gasteiger partial charge on any atom is -0.394 e. The molecule has 1 aliphatic heterocycles. The maximum absolute atomic E-state index is 12.1. The highest BCUT2D eigenvalue weighted by Crippen LogP contribution is 2.13. The van der Waals surface area contributed by atoms with Crippen LogP contribution in [0.15, 0.2) is 23.9 Å². The maximum atomic E-state index is 12.1. The summed E-state index contributed by atoms with van der Waals surface area (Å²) >= 11 is 0. The highest BCUT2D eigenvalue weighted by atomic mass is 16.3. The summed E-state index contributed by atoms with van der Waals surface area (Å²) in [6.07, 6.45) is 4.75. The fourth-order valence-corrected chi connectivity index (χ4v) is 1.77. The molecule has 2 atom stereocenters. The lowest BCUT2D eigenvalue weighted by atomic mass is 10.1. The molecular formula is C12H20N2O3. The van der Waals surface area contributed by atoms with E-state index in [0.717, 1.165) is 5.57 Å². The van der Waals surface area contributed by atoms with E-state index in [1.54, 1.807) is 7.05 Å². The first kappa shape index (κ1) is 13.7. The second kappa shape index (κ2) is 5.84. The van der Waals surface area contributed by atoms with Crippen LogP contribution in [-0.2, 0) is 4.79 Å². The third kappa shape index (κ3) is 3.57. The molecule has 17 heavy (non-hydrogen) atoms. The number of likely N-dealkylation sites (N-methyl/N-ethyl adjacent to an activating group) is 2. The summed E-state index contributed by atoms with van der Waals surface area (Å²) in [5, 5.41) is 18.0. The zero-order chi connectivity index (χ0) is 13.0. The van der Waals surface area contributed by atoms with Gasteiger partial charge in [0.1, 0.15) is 6.04 Å². The number of aliphatic hydroxyl groups excluding tert-OH is 2. The summed E-state index contributed by atoms with van der Waals surface area (Å²) in [6.45, 7) is 1.76. The minimum absolute atomic E-state index is 0.0972. The van der Waals surface area contributed by atoms with Crippen molar-refractivity contribution in [2.75, 3.05) is 27.2 Å². The van der Waals surface area contributed by atoms with Gasteiger partial charge in [-0.3, -0.25) is 4.79 Å². The Kier molecular flexibility index (Phi) is 4.72. The molecule has 0 aliphatic carbocycles. The summed E-state index contributed by atoms with van der Waals surface area (Å²) in [5.74, 6) is -0.0972. The average molecular weight is 240 g/mol. The highest BCUT2D eigenvalue weighted by Gasteiger charge is 2.25. The number of rotatable bonds is 4. The van der Waals surface area contributed by atoms with Gasteiger partial charge in [0.25, 0.3) is 0 Å². The van der Waals surface area contributed by atoms with Crippen molar-refractivity contribution in [3.63, 3.8) is 0 Å². The van der Waals surface area contributed by atoms with Crippen LogP contribution in [0.4, 0.5) is 0 Å². The van der Waals surface area contributed by atoms with Crippen molar-refractivity contribution in [2.24, 2.45) is 0 Å². The normalized spacial score (nSPS) is 21.1. The van der Waals surface area contributed by atoms with E-state index >= 15 is 0 Å². The highest BCUT2D eigenvalue weighted by molar-refractivity contribution is 5.84. The Morgan fingerprint density at radius 2 is 2.29 bits per heavy atom. The first-order chi connectivity index (χ1) is 7.95. The molecule has 1 rings (SSSR count). The molecule has 0 bridgehead atoms. The largest absolute Gasteiger partial charge is 0.394 e. The molecule has 2 unspecified atom stereocenters. The van der Waals surface area contributed by atoms with E-state index in [2.05, 4.69) is 0 Å². The topological polar surface area (TPSA) is 64.0 Å². The number of carbonyl (C=O) groups is 1. The van der Waals surface area contributed by atoms with Crippen LogP contribution in [-0.4, -0.2) is 65.3 Å². The molecular weight excluding hydrogens is 220 g/mol. The molecule has 0 aromatic carbocycles. The third-order valence-electron chi connectivity index (χ3n) is 2.71. The van der Waals surface area contributed by atoms with Gasteiger partial charge in [0.05, 0.1) is 12.7 Å². The van der Waals surface area contributed by atoms with Crippen LogP contribution in [0.3, 0.4) is 0 Å². The average Bonchev–Trinajstić information content (AvgIpc) is 2.28. The zero-order valence-corrected chi connectivity index (χ0v) is 10.5. The van der Waals surface area contributed by atoms with Gasteiger partial charge in [-0.05, 0) is 12.5 Å². The van der Waals surface area contributed by atoms with Crippen molar-refractivity contribution in [1.29, 1.82) is 0 Å². The Hall–Kier alpha value is -1.33. The van der Waals surface area contributed by atoms with Gasteiger partial charge in [0, 0.05) is 26.8 Å². The van der Waals surface area contributed by atoms with E-state index in [1.807, 2.05) is 37.2 Å². The number of amides is 1. The van der Waals surface area contributed by atoms with Gasteiger partial charge in [-0.15, -0.1) is 0 Å². The van der Waals surface area contributed by atoms with Gasteiger partial charge in [0.15, 0.2) is 0 Å². The van der Waals surface area contributed by atoms with E-state index in [-0.39, 0.29) is 25.1 Å².